The molecular weight excluding hydrogens is 140 g/mol. The zero-order chi connectivity index (χ0) is 5.98. The van der Waals surface area contributed by atoms with Crippen molar-refractivity contribution in [3.05, 3.63) is 22.6 Å². The third-order valence-electron chi connectivity index (χ3n) is 1.00. The molecule has 0 aromatic carbocycles. The second-order valence-electron chi connectivity index (χ2n) is 1.58. The Morgan fingerprint density at radius 1 is 1.78 bits per heavy atom. The summed E-state index contributed by atoms with van der Waals surface area (Å²) in [6, 6.07) is 1.50. The number of aromatic amines is 1. The van der Waals surface area contributed by atoms with E-state index < -0.39 is 0 Å². The van der Waals surface area contributed by atoms with Crippen molar-refractivity contribution >= 4 is 12.4 Å². The number of halogens is 1. The van der Waals surface area contributed by atoms with Gasteiger partial charge in [0, 0.05) is 18.8 Å². The van der Waals surface area contributed by atoms with Crippen molar-refractivity contribution in [3.63, 3.8) is 0 Å². The van der Waals surface area contributed by atoms with Crippen LogP contribution in [0.5, 0.6) is 0 Å². The summed E-state index contributed by atoms with van der Waals surface area (Å²) in [7, 11) is 0. The summed E-state index contributed by atoms with van der Waals surface area (Å²) in [5.74, 6) is 0. The number of aromatic nitrogens is 2. The maximum atomic E-state index is 10.4. The van der Waals surface area contributed by atoms with Gasteiger partial charge in [0.2, 0.25) is 0 Å². The van der Waals surface area contributed by atoms with Gasteiger partial charge in [0.25, 0.3) is 5.56 Å². The van der Waals surface area contributed by atoms with Crippen molar-refractivity contribution < 1.29 is 0 Å². The van der Waals surface area contributed by atoms with E-state index >= 15 is 0 Å². The van der Waals surface area contributed by atoms with Crippen LogP contribution in [0.25, 0.3) is 0 Å². The zero-order valence-corrected chi connectivity index (χ0v) is 5.94. The number of hydrogen-bond acceptors (Lipinski definition) is 1. The first kappa shape index (κ1) is 8.30. The zero-order valence-electron chi connectivity index (χ0n) is 5.13. The van der Waals surface area contributed by atoms with Crippen molar-refractivity contribution in [2.45, 2.75) is 13.5 Å². The molecule has 9 heavy (non-hydrogen) atoms. The van der Waals surface area contributed by atoms with Crippen LogP contribution in [-0.4, -0.2) is 9.78 Å². The minimum Gasteiger partial charge on any atom is -0.293 e. The Morgan fingerprint density at radius 2 is 2.44 bits per heavy atom. The molecule has 1 aromatic heterocycles. The lowest BCUT2D eigenvalue weighted by Gasteiger charge is -1.89. The average molecular weight is 149 g/mol. The van der Waals surface area contributed by atoms with Crippen molar-refractivity contribution in [2.75, 3.05) is 0 Å². The van der Waals surface area contributed by atoms with Crippen molar-refractivity contribution in [1.29, 1.82) is 0 Å². The first-order valence-corrected chi connectivity index (χ1v) is 2.58. The normalized spacial score (nSPS) is 8.56. The minimum atomic E-state index is -0.0353. The Labute approximate surface area is 59.1 Å². The van der Waals surface area contributed by atoms with E-state index in [9.17, 15) is 4.79 Å². The van der Waals surface area contributed by atoms with Crippen molar-refractivity contribution in [2.24, 2.45) is 0 Å². The van der Waals surface area contributed by atoms with Gasteiger partial charge in [-0.05, 0) is 6.92 Å². The largest absolute Gasteiger partial charge is 0.293 e. The average Bonchev–Trinajstić information content (AvgIpc) is 2.14. The number of nitrogens with one attached hydrogen (secondary N) is 1. The Bertz CT molecular complexity index is 215. The molecule has 0 saturated carbocycles. The summed E-state index contributed by atoms with van der Waals surface area (Å²) in [5, 5.41) is 2.59. The highest BCUT2D eigenvalue weighted by Crippen LogP contribution is 1.74. The van der Waals surface area contributed by atoms with Crippen LogP contribution in [0.4, 0.5) is 0 Å². The fourth-order valence-electron chi connectivity index (χ4n) is 0.558. The fraction of sp³-hybridized carbons (Fsp3) is 0.400. The van der Waals surface area contributed by atoms with Gasteiger partial charge in [0.1, 0.15) is 0 Å². The Hall–Kier alpha value is -0.700. The summed E-state index contributed by atoms with van der Waals surface area (Å²) < 4.78 is 1.72. The molecule has 3 nitrogen and oxygen atoms in total. The first-order chi connectivity index (χ1) is 3.83. The molecule has 0 aliphatic heterocycles. The monoisotopic (exact) mass is 148 g/mol. The number of rotatable bonds is 1. The van der Waals surface area contributed by atoms with Gasteiger partial charge in [-0.25, -0.2) is 0 Å². The highest BCUT2D eigenvalue weighted by molar-refractivity contribution is 5.85. The van der Waals surface area contributed by atoms with E-state index in [2.05, 4.69) is 5.10 Å². The fourth-order valence-corrected chi connectivity index (χ4v) is 0.558. The summed E-state index contributed by atoms with van der Waals surface area (Å²) >= 11 is 0. The van der Waals surface area contributed by atoms with E-state index in [1.807, 2.05) is 6.92 Å². The van der Waals surface area contributed by atoms with Gasteiger partial charge in [-0.1, -0.05) is 0 Å². The molecule has 0 aliphatic carbocycles. The van der Waals surface area contributed by atoms with E-state index in [1.54, 1.807) is 10.9 Å². The van der Waals surface area contributed by atoms with Crippen LogP contribution >= 0.6 is 12.4 Å². The van der Waals surface area contributed by atoms with Crippen molar-refractivity contribution in [1.82, 2.24) is 9.78 Å². The van der Waals surface area contributed by atoms with Gasteiger partial charge in [0.05, 0.1) is 0 Å². The number of nitrogens with zero attached hydrogens (tertiary/aromatic N) is 1. The smallest absolute Gasteiger partial charge is 0.264 e. The van der Waals surface area contributed by atoms with Crippen molar-refractivity contribution in [3.8, 4) is 0 Å². The second kappa shape index (κ2) is 3.35. The Balaban J connectivity index is 0.000000640. The van der Waals surface area contributed by atoms with E-state index in [1.165, 1.54) is 6.07 Å². The van der Waals surface area contributed by atoms with Crippen LogP contribution in [0.2, 0.25) is 0 Å². The van der Waals surface area contributed by atoms with Crippen LogP contribution in [0, 0.1) is 0 Å². The predicted octanol–water partition coefficient (Wildman–Crippen LogP) is 0.618. The lowest BCUT2D eigenvalue weighted by molar-refractivity contribution is 0.653. The predicted molar refractivity (Wildman–Crippen MR) is 38.0 cm³/mol. The van der Waals surface area contributed by atoms with E-state index in [0.29, 0.717) is 0 Å². The summed E-state index contributed by atoms with van der Waals surface area (Å²) in [6.07, 6.45) is 1.72. The van der Waals surface area contributed by atoms with Gasteiger partial charge < -0.3 is 0 Å². The number of hydrogen-bond donors (Lipinski definition) is 1. The maximum absolute atomic E-state index is 10.4. The van der Waals surface area contributed by atoms with Gasteiger partial charge in [-0.2, -0.15) is 0 Å². The Kier molecular flexibility index (Phi) is 3.09. The molecule has 0 unspecified atom stereocenters. The molecule has 0 saturated heterocycles. The number of H-pyrrole nitrogens is 1. The molecule has 1 heterocycles. The highest BCUT2D eigenvalue weighted by Gasteiger charge is 1.83. The second-order valence-corrected chi connectivity index (χ2v) is 1.58. The van der Waals surface area contributed by atoms with Crippen LogP contribution in [0.15, 0.2) is 17.1 Å². The molecule has 1 N–H and O–H groups in total. The van der Waals surface area contributed by atoms with E-state index in [-0.39, 0.29) is 18.0 Å². The molecule has 0 fully saturated rings. The van der Waals surface area contributed by atoms with Crippen LogP contribution in [-0.2, 0) is 6.54 Å². The number of aryl methyl sites for hydroxylation is 1. The van der Waals surface area contributed by atoms with Gasteiger partial charge in [-0.3, -0.25) is 14.6 Å². The first-order valence-electron chi connectivity index (χ1n) is 2.58. The van der Waals surface area contributed by atoms with E-state index in [4.69, 9.17) is 0 Å². The molecule has 1 aromatic rings. The molecule has 1 rings (SSSR count). The third kappa shape index (κ3) is 1.93. The molecule has 0 amide bonds. The molecule has 0 radical (unpaired) electrons. The summed E-state index contributed by atoms with van der Waals surface area (Å²) in [6.45, 7) is 2.79. The summed E-state index contributed by atoms with van der Waals surface area (Å²) in [5.41, 5.74) is -0.0353. The third-order valence-corrected chi connectivity index (χ3v) is 1.00. The van der Waals surface area contributed by atoms with E-state index in [0.717, 1.165) is 6.54 Å². The SMILES string of the molecule is CCn1ccc(=O)[nH]1.Cl. The quantitative estimate of drug-likeness (QED) is 0.623. The van der Waals surface area contributed by atoms with Crippen LogP contribution < -0.4 is 5.56 Å². The molecule has 4 heteroatoms. The van der Waals surface area contributed by atoms with Gasteiger partial charge >= 0.3 is 0 Å². The lowest BCUT2D eigenvalue weighted by Crippen LogP contribution is -2.02. The minimum absolute atomic E-state index is 0. The standard InChI is InChI=1S/C5H8N2O.ClH/c1-2-7-4-3-5(8)6-7;/h3-4H,2H2,1H3,(H,6,8);1H. The van der Waals surface area contributed by atoms with Crippen LogP contribution in [0.1, 0.15) is 6.92 Å². The van der Waals surface area contributed by atoms with Gasteiger partial charge in [-0.15, -0.1) is 12.4 Å². The topological polar surface area (TPSA) is 37.8 Å². The maximum Gasteiger partial charge on any atom is 0.264 e. The van der Waals surface area contributed by atoms with Gasteiger partial charge in [0.15, 0.2) is 0 Å². The Morgan fingerprint density at radius 3 is 2.67 bits per heavy atom. The molecule has 0 aliphatic rings. The van der Waals surface area contributed by atoms with Crippen LogP contribution in [0.3, 0.4) is 0 Å². The molecular formula is C5H9ClN2O. The molecule has 52 valence electrons. The summed E-state index contributed by atoms with van der Waals surface area (Å²) in [4.78, 5) is 10.4. The molecule has 0 atom stereocenters. The molecule has 0 bridgehead atoms. The highest BCUT2D eigenvalue weighted by atomic mass is 35.5. The lowest BCUT2D eigenvalue weighted by atomic mass is 10.7. The molecule has 0 spiro atoms.